The van der Waals surface area contributed by atoms with Crippen molar-refractivity contribution in [3.05, 3.63) is 69.1 Å². The van der Waals surface area contributed by atoms with Crippen LogP contribution in [0.5, 0.6) is 0 Å². The van der Waals surface area contributed by atoms with Gasteiger partial charge in [-0.3, -0.25) is 9.59 Å². The molecule has 184 valence electrons. The van der Waals surface area contributed by atoms with Crippen LogP contribution in [0.2, 0.25) is 10.0 Å². The molecule has 4 rings (SSSR count). The number of carbonyl (C=O) groups is 2. The van der Waals surface area contributed by atoms with E-state index in [0.29, 0.717) is 18.2 Å². The highest BCUT2D eigenvalue weighted by Crippen LogP contribution is 2.44. The number of nitrogens with zero attached hydrogens (tertiary/aromatic N) is 3. The lowest BCUT2D eigenvalue weighted by Crippen LogP contribution is -2.30. The van der Waals surface area contributed by atoms with Crippen LogP contribution >= 0.6 is 23.2 Å². The number of aryl methyl sites for hydroxylation is 1. The highest BCUT2D eigenvalue weighted by molar-refractivity contribution is 6.32. The van der Waals surface area contributed by atoms with Crippen LogP contribution in [-0.2, 0) is 6.18 Å². The number of amides is 2. The van der Waals surface area contributed by atoms with Crippen LogP contribution < -0.4 is 10.6 Å². The number of alkyl halides is 3. The van der Waals surface area contributed by atoms with Gasteiger partial charge in [-0.05, 0) is 55.0 Å². The molecule has 12 heteroatoms. The molecule has 0 atom stereocenters. The van der Waals surface area contributed by atoms with E-state index in [2.05, 4.69) is 20.7 Å². The minimum Gasteiger partial charge on any atom is -0.351 e. The average Bonchev–Trinajstić information content (AvgIpc) is 3.34. The molecule has 1 saturated carbocycles. The van der Waals surface area contributed by atoms with Crippen molar-refractivity contribution in [1.82, 2.24) is 20.1 Å². The van der Waals surface area contributed by atoms with Crippen molar-refractivity contribution in [2.75, 3.05) is 11.9 Å². The molecule has 1 aromatic carbocycles. The molecule has 1 fully saturated rings. The fourth-order valence-electron chi connectivity index (χ4n) is 3.42. The molecule has 1 aliphatic carbocycles. The molecule has 2 N–H and O–H groups in total. The van der Waals surface area contributed by atoms with Crippen LogP contribution in [-0.4, -0.2) is 33.1 Å². The number of rotatable bonds is 6. The van der Waals surface area contributed by atoms with Crippen molar-refractivity contribution in [3.8, 4) is 5.82 Å². The Kier molecular flexibility index (Phi) is 6.54. The molecule has 0 spiro atoms. The third-order valence-electron chi connectivity index (χ3n) is 5.73. The lowest BCUT2D eigenvalue weighted by molar-refractivity contribution is -0.141. The fraction of sp³-hybridized carbons (Fsp3) is 0.304. The van der Waals surface area contributed by atoms with Gasteiger partial charge in [-0.2, -0.15) is 18.3 Å². The zero-order valence-electron chi connectivity index (χ0n) is 18.6. The maximum absolute atomic E-state index is 13.4. The van der Waals surface area contributed by atoms with Crippen LogP contribution in [0.1, 0.15) is 51.9 Å². The first-order valence-corrected chi connectivity index (χ1v) is 11.3. The van der Waals surface area contributed by atoms with E-state index >= 15 is 0 Å². The summed E-state index contributed by atoms with van der Waals surface area (Å²) in [7, 11) is 0. The minimum absolute atomic E-state index is 0.00492. The predicted molar refractivity (Wildman–Crippen MR) is 125 cm³/mol. The second-order valence-electron chi connectivity index (χ2n) is 8.73. The van der Waals surface area contributed by atoms with Crippen molar-refractivity contribution in [3.63, 3.8) is 0 Å². The average molecular weight is 526 g/mol. The quantitative estimate of drug-likeness (QED) is 0.433. The summed E-state index contributed by atoms with van der Waals surface area (Å²) in [6, 6.07) is 6.42. The standard InChI is InChI=1S/C23H20Cl2F3N5O2/c1-12-8-13(24)9-14(20(34)30-11-22(2)5-6-22)18(12)31-21(35)16-10-17(23(26,27)28)32-33(16)19-15(25)4-3-7-29-19/h3-4,7-10H,5-6,11H2,1-2H3,(H,30,34)(H,31,35). The summed E-state index contributed by atoms with van der Waals surface area (Å²) >= 11 is 12.2. The van der Waals surface area contributed by atoms with Crippen LogP contribution in [0.15, 0.2) is 36.5 Å². The number of nitrogens with one attached hydrogen (secondary N) is 2. The summed E-state index contributed by atoms with van der Waals surface area (Å²) in [4.78, 5) is 30.1. The maximum atomic E-state index is 13.4. The number of pyridine rings is 1. The van der Waals surface area contributed by atoms with Gasteiger partial charge in [-0.1, -0.05) is 30.1 Å². The minimum atomic E-state index is -4.82. The molecule has 2 amide bonds. The predicted octanol–water partition coefficient (Wildman–Crippen LogP) is 5.68. The molecule has 0 saturated heterocycles. The van der Waals surface area contributed by atoms with E-state index in [9.17, 15) is 22.8 Å². The molecule has 0 unspecified atom stereocenters. The monoisotopic (exact) mass is 525 g/mol. The Hall–Kier alpha value is -3.11. The lowest BCUT2D eigenvalue weighted by atomic mass is 10.1. The Labute approximate surface area is 208 Å². The third-order valence-corrected chi connectivity index (χ3v) is 6.25. The number of benzene rings is 1. The van der Waals surface area contributed by atoms with Crippen LogP contribution in [0.4, 0.5) is 18.9 Å². The molecule has 7 nitrogen and oxygen atoms in total. The van der Waals surface area contributed by atoms with Gasteiger partial charge in [-0.15, -0.1) is 0 Å². The van der Waals surface area contributed by atoms with Crippen molar-refractivity contribution in [1.29, 1.82) is 0 Å². The van der Waals surface area contributed by atoms with Gasteiger partial charge in [0.05, 0.1) is 16.3 Å². The van der Waals surface area contributed by atoms with Crippen molar-refractivity contribution >= 4 is 40.7 Å². The fourth-order valence-corrected chi connectivity index (χ4v) is 3.90. The molecule has 2 aromatic heterocycles. The van der Waals surface area contributed by atoms with E-state index in [0.717, 1.165) is 17.5 Å². The van der Waals surface area contributed by atoms with Gasteiger partial charge >= 0.3 is 6.18 Å². The van der Waals surface area contributed by atoms with E-state index in [1.54, 1.807) is 6.92 Å². The number of carbonyl (C=O) groups excluding carboxylic acids is 2. The summed E-state index contributed by atoms with van der Waals surface area (Å²) in [5.41, 5.74) is -1.07. The Morgan fingerprint density at radius 3 is 2.51 bits per heavy atom. The molecule has 2 heterocycles. The maximum Gasteiger partial charge on any atom is 0.435 e. The van der Waals surface area contributed by atoms with Gasteiger partial charge < -0.3 is 10.6 Å². The topological polar surface area (TPSA) is 88.9 Å². The van der Waals surface area contributed by atoms with E-state index in [1.165, 1.54) is 30.5 Å². The van der Waals surface area contributed by atoms with E-state index in [-0.39, 0.29) is 32.5 Å². The second kappa shape index (κ2) is 9.16. The zero-order valence-corrected chi connectivity index (χ0v) is 20.1. The molecule has 3 aromatic rings. The number of halogens is 5. The number of hydrogen-bond donors (Lipinski definition) is 2. The van der Waals surface area contributed by atoms with Crippen molar-refractivity contribution < 1.29 is 22.8 Å². The Bertz CT molecular complexity index is 1320. The molecular weight excluding hydrogens is 506 g/mol. The third kappa shape index (κ3) is 5.43. The SMILES string of the molecule is Cc1cc(Cl)cc(C(=O)NCC2(C)CC2)c1NC(=O)c1cc(C(F)(F)F)nn1-c1ncccc1Cl. The van der Waals surface area contributed by atoms with Crippen LogP contribution in [0, 0.1) is 12.3 Å². The van der Waals surface area contributed by atoms with E-state index in [1.807, 2.05) is 6.92 Å². The number of aromatic nitrogens is 3. The lowest BCUT2D eigenvalue weighted by Gasteiger charge is -2.16. The summed E-state index contributed by atoms with van der Waals surface area (Å²) < 4.78 is 41.0. The largest absolute Gasteiger partial charge is 0.435 e. The van der Waals surface area contributed by atoms with Gasteiger partial charge in [0.15, 0.2) is 11.5 Å². The summed E-state index contributed by atoms with van der Waals surface area (Å²) in [5.74, 6) is -1.56. The van der Waals surface area contributed by atoms with Crippen LogP contribution in [0.3, 0.4) is 0 Å². The van der Waals surface area contributed by atoms with E-state index in [4.69, 9.17) is 23.2 Å². The Balaban J connectivity index is 1.72. The molecular formula is C23H20Cl2F3N5O2. The highest BCUT2D eigenvalue weighted by Gasteiger charge is 2.38. The van der Waals surface area contributed by atoms with Gasteiger partial charge in [0, 0.05) is 23.8 Å². The van der Waals surface area contributed by atoms with Crippen molar-refractivity contribution in [2.45, 2.75) is 32.9 Å². The molecule has 35 heavy (non-hydrogen) atoms. The Morgan fingerprint density at radius 1 is 1.17 bits per heavy atom. The van der Waals surface area contributed by atoms with E-state index < -0.39 is 29.4 Å². The molecule has 1 aliphatic rings. The van der Waals surface area contributed by atoms with Gasteiger partial charge in [-0.25, -0.2) is 9.67 Å². The van der Waals surface area contributed by atoms with Gasteiger partial charge in [0.2, 0.25) is 0 Å². The first-order chi connectivity index (χ1) is 16.4. The number of hydrogen-bond acceptors (Lipinski definition) is 4. The molecule has 0 radical (unpaired) electrons. The summed E-state index contributed by atoms with van der Waals surface area (Å²) in [6.45, 7) is 4.11. The molecule has 0 bridgehead atoms. The molecule has 0 aliphatic heterocycles. The van der Waals surface area contributed by atoms with Crippen molar-refractivity contribution in [2.24, 2.45) is 5.41 Å². The summed E-state index contributed by atoms with van der Waals surface area (Å²) in [5, 5.41) is 9.17. The summed E-state index contributed by atoms with van der Waals surface area (Å²) in [6.07, 6.45) is -1.52. The second-order valence-corrected chi connectivity index (χ2v) is 9.57. The Morgan fingerprint density at radius 2 is 1.89 bits per heavy atom. The smallest absolute Gasteiger partial charge is 0.351 e. The zero-order chi connectivity index (χ0) is 25.5. The van der Waals surface area contributed by atoms with Gasteiger partial charge in [0.25, 0.3) is 11.8 Å². The number of anilines is 1. The van der Waals surface area contributed by atoms with Crippen LogP contribution in [0.25, 0.3) is 5.82 Å². The first kappa shape index (κ1) is 25.0. The van der Waals surface area contributed by atoms with Gasteiger partial charge in [0.1, 0.15) is 5.69 Å². The normalized spacial score (nSPS) is 14.5. The highest BCUT2D eigenvalue weighted by atomic mass is 35.5. The first-order valence-electron chi connectivity index (χ1n) is 10.6.